The Hall–Kier alpha value is -1.58. The summed E-state index contributed by atoms with van der Waals surface area (Å²) in [4.78, 5) is 21.1. The van der Waals surface area contributed by atoms with Crippen LogP contribution in [0.2, 0.25) is 0 Å². The van der Waals surface area contributed by atoms with Crippen molar-refractivity contribution in [2.24, 2.45) is 0 Å². The van der Waals surface area contributed by atoms with E-state index in [0.29, 0.717) is 0 Å². The number of hydrogen-bond donors (Lipinski definition) is 2. The number of nitrogens with one attached hydrogen (secondary N) is 1. The molecule has 1 amide bonds. The Bertz CT molecular complexity index is 210. The van der Waals surface area contributed by atoms with Gasteiger partial charge in [-0.25, -0.2) is 4.79 Å². The molecule has 4 heteroatoms. The molecule has 0 heterocycles. The summed E-state index contributed by atoms with van der Waals surface area (Å²) in [6.45, 7) is 6.58. The van der Waals surface area contributed by atoms with Gasteiger partial charge in [0.2, 0.25) is 5.91 Å². The predicted octanol–water partition coefficient (Wildman–Crippen LogP) is 0.318. The summed E-state index contributed by atoms with van der Waals surface area (Å²) in [5.41, 5.74) is 0. The van der Waals surface area contributed by atoms with E-state index in [9.17, 15) is 9.59 Å². The second-order valence-corrected chi connectivity index (χ2v) is 2.13. The summed E-state index contributed by atoms with van der Waals surface area (Å²) in [5, 5.41) is 10.8. The van der Waals surface area contributed by atoms with E-state index in [4.69, 9.17) is 5.11 Å². The Kier molecular flexibility index (Phi) is 4.45. The molecule has 0 aliphatic rings. The van der Waals surface area contributed by atoms with Gasteiger partial charge < -0.3 is 10.4 Å². The topological polar surface area (TPSA) is 66.4 Å². The predicted molar refractivity (Wildman–Crippen MR) is 44.6 cm³/mol. The van der Waals surface area contributed by atoms with Crippen molar-refractivity contribution in [3.05, 3.63) is 25.3 Å². The molecule has 12 heavy (non-hydrogen) atoms. The van der Waals surface area contributed by atoms with Crippen LogP contribution in [0.3, 0.4) is 0 Å². The molecule has 0 aromatic carbocycles. The fourth-order valence-electron chi connectivity index (χ4n) is 0.619. The Labute approximate surface area is 70.6 Å². The van der Waals surface area contributed by atoms with Crippen LogP contribution in [0.1, 0.15) is 6.42 Å². The normalized spacial score (nSPS) is 11.3. The van der Waals surface area contributed by atoms with Crippen molar-refractivity contribution in [1.82, 2.24) is 5.32 Å². The van der Waals surface area contributed by atoms with E-state index in [1.54, 1.807) is 0 Å². The van der Waals surface area contributed by atoms with Gasteiger partial charge in [-0.3, -0.25) is 4.79 Å². The maximum atomic E-state index is 10.7. The van der Waals surface area contributed by atoms with Crippen LogP contribution in [0.4, 0.5) is 0 Å². The summed E-state index contributed by atoms with van der Waals surface area (Å²) in [6, 6.07) is -0.909. The molecule has 1 atom stereocenters. The van der Waals surface area contributed by atoms with Crippen LogP contribution in [-0.2, 0) is 9.59 Å². The first-order valence-electron chi connectivity index (χ1n) is 3.38. The van der Waals surface area contributed by atoms with Crippen LogP contribution in [-0.4, -0.2) is 23.0 Å². The van der Waals surface area contributed by atoms with E-state index >= 15 is 0 Å². The van der Waals surface area contributed by atoms with Crippen molar-refractivity contribution >= 4 is 11.9 Å². The van der Waals surface area contributed by atoms with Crippen molar-refractivity contribution in [3.8, 4) is 0 Å². The fraction of sp³-hybridized carbons (Fsp3) is 0.250. The number of rotatable bonds is 5. The average molecular weight is 169 g/mol. The highest BCUT2D eigenvalue weighted by Crippen LogP contribution is 1.92. The number of carboxylic acids is 1. The van der Waals surface area contributed by atoms with Gasteiger partial charge in [-0.05, 0) is 12.5 Å². The van der Waals surface area contributed by atoms with Gasteiger partial charge in [-0.15, -0.1) is 6.58 Å². The fourth-order valence-corrected chi connectivity index (χ4v) is 0.619. The summed E-state index contributed by atoms with van der Waals surface area (Å²) >= 11 is 0. The van der Waals surface area contributed by atoms with Crippen molar-refractivity contribution in [3.63, 3.8) is 0 Å². The van der Waals surface area contributed by atoms with Crippen molar-refractivity contribution < 1.29 is 14.7 Å². The molecular formula is C8H11NO3. The van der Waals surface area contributed by atoms with Gasteiger partial charge in [0.05, 0.1) is 0 Å². The maximum Gasteiger partial charge on any atom is 0.326 e. The highest BCUT2D eigenvalue weighted by atomic mass is 16.4. The minimum Gasteiger partial charge on any atom is -0.480 e. The van der Waals surface area contributed by atoms with Crippen LogP contribution in [0.5, 0.6) is 0 Å². The number of hydrogen-bond acceptors (Lipinski definition) is 2. The highest BCUT2D eigenvalue weighted by molar-refractivity contribution is 5.90. The van der Waals surface area contributed by atoms with E-state index in [-0.39, 0.29) is 6.42 Å². The molecular weight excluding hydrogens is 158 g/mol. The van der Waals surface area contributed by atoms with Gasteiger partial charge in [0.25, 0.3) is 0 Å². The van der Waals surface area contributed by atoms with Gasteiger partial charge in [-0.2, -0.15) is 0 Å². The Morgan fingerprint density at radius 1 is 1.50 bits per heavy atom. The van der Waals surface area contributed by atoms with Crippen molar-refractivity contribution in [2.75, 3.05) is 0 Å². The number of amides is 1. The van der Waals surface area contributed by atoms with E-state index in [1.165, 1.54) is 6.08 Å². The quantitative estimate of drug-likeness (QED) is 0.460. The van der Waals surface area contributed by atoms with Crippen molar-refractivity contribution in [2.45, 2.75) is 12.5 Å². The molecule has 0 aromatic heterocycles. The Balaban J connectivity index is 4.12. The second kappa shape index (κ2) is 5.12. The first kappa shape index (κ1) is 10.4. The third-order valence-electron chi connectivity index (χ3n) is 1.20. The minimum absolute atomic E-state index is 0.203. The summed E-state index contributed by atoms with van der Waals surface area (Å²) < 4.78 is 0. The molecule has 0 rings (SSSR count). The minimum atomic E-state index is -1.08. The molecule has 0 fully saturated rings. The lowest BCUT2D eigenvalue weighted by atomic mass is 10.2. The third kappa shape index (κ3) is 3.55. The lowest BCUT2D eigenvalue weighted by Crippen LogP contribution is -2.39. The van der Waals surface area contributed by atoms with Gasteiger partial charge in [-0.1, -0.05) is 12.7 Å². The van der Waals surface area contributed by atoms with Gasteiger partial charge in [0, 0.05) is 0 Å². The zero-order valence-electron chi connectivity index (χ0n) is 6.62. The van der Waals surface area contributed by atoms with E-state index < -0.39 is 17.9 Å². The van der Waals surface area contributed by atoms with Crippen LogP contribution in [0.25, 0.3) is 0 Å². The lowest BCUT2D eigenvalue weighted by Gasteiger charge is -2.09. The first-order chi connectivity index (χ1) is 5.61. The standard InChI is InChI=1S/C8H11NO3/c1-3-5-6(8(11)12)9-7(10)4-2/h3-4,6H,1-2,5H2,(H,9,10)(H,11,12). The van der Waals surface area contributed by atoms with Crippen molar-refractivity contribution in [1.29, 1.82) is 0 Å². The number of carbonyl (C=O) groups excluding carboxylic acids is 1. The molecule has 4 nitrogen and oxygen atoms in total. The lowest BCUT2D eigenvalue weighted by molar-refractivity contribution is -0.141. The second-order valence-electron chi connectivity index (χ2n) is 2.13. The van der Waals surface area contributed by atoms with Crippen LogP contribution in [0, 0.1) is 0 Å². The summed E-state index contributed by atoms with van der Waals surface area (Å²) in [6.07, 6.45) is 2.66. The van der Waals surface area contributed by atoms with Gasteiger partial charge in [0.15, 0.2) is 0 Å². The SMILES string of the molecule is C=CCC(NC(=O)C=C)C(=O)O. The molecule has 0 spiro atoms. The summed E-state index contributed by atoms with van der Waals surface area (Å²) in [5.74, 6) is -1.57. The smallest absolute Gasteiger partial charge is 0.326 e. The molecule has 0 aromatic rings. The van der Waals surface area contributed by atoms with E-state index in [2.05, 4.69) is 18.5 Å². The zero-order valence-corrected chi connectivity index (χ0v) is 6.62. The number of aliphatic carboxylic acids is 1. The zero-order chi connectivity index (χ0) is 9.56. The number of carbonyl (C=O) groups is 2. The maximum absolute atomic E-state index is 10.7. The largest absolute Gasteiger partial charge is 0.480 e. The highest BCUT2D eigenvalue weighted by Gasteiger charge is 2.16. The van der Waals surface area contributed by atoms with Gasteiger partial charge in [0.1, 0.15) is 6.04 Å². The van der Waals surface area contributed by atoms with E-state index in [1.807, 2.05) is 0 Å². The molecule has 0 radical (unpaired) electrons. The van der Waals surface area contributed by atoms with Crippen LogP contribution in [0.15, 0.2) is 25.3 Å². The third-order valence-corrected chi connectivity index (χ3v) is 1.20. The van der Waals surface area contributed by atoms with E-state index in [0.717, 1.165) is 6.08 Å². The molecule has 0 bridgehead atoms. The average Bonchev–Trinajstić information content (AvgIpc) is 2.03. The molecule has 0 aliphatic heterocycles. The monoisotopic (exact) mass is 169 g/mol. The molecule has 66 valence electrons. The summed E-state index contributed by atoms with van der Waals surface area (Å²) in [7, 11) is 0. The molecule has 0 aliphatic carbocycles. The van der Waals surface area contributed by atoms with Crippen LogP contribution < -0.4 is 5.32 Å². The van der Waals surface area contributed by atoms with Gasteiger partial charge >= 0.3 is 5.97 Å². The van der Waals surface area contributed by atoms with Crippen LogP contribution >= 0.6 is 0 Å². The molecule has 0 saturated carbocycles. The Morgan fingerprint density at radius 2 is 2.08 bits per heavy atom. The molecule has 2 N–H and O–H groups in total. The Morgan fingerprint density at radius 3 is 2.42 bits per heavy atom. The molecule has 1 unspecified atom stereocenters. The number of carboxylic acid groups (broad SMARTS) is 1. The molecule has 0 saturated heterocycles. The first-order valence-corrected chi connectivity index (χ1v) is 3.38.